The van der Waals surface area contributed by atoms with E-state index in [1.807, 2.05) is 6.92 Å². The first kappa shape index (κ1) is 19.0. The van der Waals surface area contributed by atoms with E-state index in [9.17, 15) is 18.0 Å². The van der Waals surface area contributed by atoms with Crippen molar-refractivity contribution in [2.24, 2.45) is 11.3 Å². The number of alkyl halides is 3. The molecule has 4 rings (SSSR count). The van der Waals surface area contributed by atoms with Gasteiger partial charge in [-0.15, -0.1) is 5.10 Å². The lowest BCUT2D eigenvalue weighted by Gasteiger charge is -2.52. The second kappa shape index (κ2) is 6.95. The summed E-state index contributed by atoms with van der Waals surface area (Å²) in [5, 5.41) is 12.2. The highest BCUT2D eigenvalue weighted by Crippen LogP contribution is 2.53. The van der Waals surface area contributed by atoms with Crippen LogP contribution in [0.2, 0.25) is 0 Å². The number of aromatic amines is 1. The number of hydrogen-bond acceptors (Lipinski definition) is 5. The summed E-state index contributed by atoms with van der Waals surface area (Å²) in [5.74, 6) is -0.447. The molecule has 152 valence electrons. The predicted octanol–water partition coefficient (Wildman–Crippen LogP) is 3.63. The third-order valence-electron chi connectivity index (χ3n) is 6.15. The summed E-state index contributed by atoms with van der Waals surface area (Å²) in [5.41, 5.74) is -0.0882. The summed E-state index contributed by atoms with van der Waals surface area (Å²) < 4.78 is 45.3. The van der Waals surface area contributed by atoms with E-state index in [2.05, 4.69) is 20.8 Å². The molecule has 28 heavy (non-hydrogen) atoms. The first-order valence-electron chi connectivity index (χ1n) is 9.50. The van der Waals surface area contributed by atoms with Crippen LogP contribution in [-0.4, -0.2) is 29.3 Å². The van der Waals surface area contributed by atoms with Crippen LogP contribution in [0.4, 0.5) is 18.9 Å². The van der Waals surface area contributed by atoms with E-state index in [-0.39, 0.29) is 17.6 Å². The molecule has 1 aromatic heterocycles. The van der Waals surface area contributed by atoms with Gasteiger partial charge in [0.1, 0.15) is 0 Å². The summed E-state index contributed by atoms with van der Waals surface area (Å²) in [6.45, 7) is 3.97. The average molecular weight is 396 g/mol. The third-order valence-corrected chi connectivity index (χ3v) is 6.15. The van der Waals surface area contributed by atoms with E-state index in [1.54, 1.807) is 0 Å². The zero-order chi connectivity index (χ0) is 19.9. The minimum Gasteiger partial charge on any atom is -0.388 e. The maximum absolute atomic E-state index is 13.5. The highest BCUT2D eigenvalue weighted by molar-refractivity contribution is 5.65. The zero-order valence-electron chi connectivity index (χ0n) is 15.5. The molecule has 0 amide bonds. The number of benzene rings is 1. The number of halogens is 3. The van der Waals surface area contributed by atoms with Crippen LogP contribution in [0.15, 0.2) is 27.4 Å². The van der Waals surface area contributed by atoms with Gasteiger partial charge in [-0.3, -0.25) is 0 Å². The number of piperidine rings is 1. The molecule has 6 nitrogen and oxygen atoms in total. The maximum atomic E-state index is 13.5. The van der Waals surface area contributed by atoms with Crippen molar-refractivity contribution in [2.75, 3.05) is 18.4 Å². The molecule has 1 spiro atoms. The second-order valence-electron chi connectivity index (χ2n) is 8.03. The monoisotopic (exact) mass is 396 g/mol. The van der Waals surface area contributed by atoms with E-state index in [1.165, 1.54) is 12.1 Å². The van der Waals surface area contributed by atoms with E-state index >= 15 is 0 Å². The van der Waals surface area contributed by atoms with Crippen LogP contribution in [0, 0.1) is 11.3 Å². The molecule has 3 N–H and O–H groups in total. The van der Waals surface area contributed by atoms with Gasteiger partial charge in [-0.25, -0.2) is 9.89 Å². The van der Waals surface area contributed by atoms with Crippen molar-refractivity contribution >= 4 is 5.69 Å². The number of nitrogens with one attached hydrogen (secondary N) is 3. The van der Waals surface area contributed by atoms with Gasteiger partial charge in [0.15, 0.2) is 0 Å². The molecule has 1 unspecified atom stereocenters. The van der Waals surface area contributed by atoms with Crippen LogP contribution >= 0.6 is 0 Å². The van der Waals surface area contributed by atoms with Crippen molar-refractivity contribution < 1.29 is 17.6 Å². The fourth-order valence-corrected chi connectivity index (χ4v) is 4.53. The molecule has 2 fully saturated rings. The summed E-state index contributed by atoms with van der Waals surface area (Å²) in [6, 6.07) is 3.50. The lowest BCUT2D eigenvalue weighted by molar-refractivity contribution is -0.137. The van der Waals surface area contributed by atoms with Crippen LogP contribution in [0.25, 0.3) is 11.5 Å². The highest BCUT2D eigenvalue weighted by Gasteiger charge is 2.46. The normalized spacial score (nSPS) is 20.7. The van der Waals surface area contributed by atoms with Gasteiger partial charge in [-0.05, 0) is 75.2 Å². The van der Waals surface area contributed by atoms with Gasteiger partial charge >= 0.3 is 11.9 Å². The quantitative estimate of drug-likeness (QED) is 0.735. The Morgan fingerprint density at radius 3 is 2.61 bits per heavy atom. The molecular formula is C19H23F3N4O2. The van der Waals surface area contributed by atoms with Gasteiger partial charge in [-0.2, -0.15) is 13.2 Å². The van der Waals surface area contributed by atoms with Gasteiger partial charge in [-0.1, -0.05) is 0 Å². The molecule has 2 aromatic rings. The van der Waals surface area contributed by atoms with Gasteiger partial charge in [0.25, 0.3) is 0 Å². The van der Waals surface area contributed by atoms with Crippen LogP contribution in [0.1, 0.15) is 38.2 Å². The Kier molecular flexibility index (Phi) is 4.73. The van der Waals surface area contributed by atoms with Crippen LogP contribution in [0.3, 0.4) is 0 Å². The first-order chi connectivity index (χ1) is 13.3. The largest absolute Gasteiger partial charge is 0.434 e. The summed E-state index contributed by atoms with van der Waals surface area (Å²) in [6.07, 6.45) is -0.130. The molecule has 1 atom stereocenters. The molecule has 9 heteroatoms. The average Bonchev–Trinajstić information content (AvgIpc) is 3.05. The molecule has 1 saturated carbocycles. The minimum atomic E-state index is -4.48. The number of anilines is 1. The zero-order valence-corrected chi connectivity index (χ0v) is 15.5. The fraction of sp³-hybridized carbons (Fsp3) is 0.579. The Morgan fingerprint density at radius 1 is 1.29 bits per heavy atom. The number of hydrogen-bond donors (Lipinski definition) is 3. The first-order valence-corrected chi connectivity index (χ1v) is 9.50. The van der Waals surface area contributed by atoms with E-state index in [0.29, 0.717) is 16.9 Å². The van der Waals surface area contributed by atoms with Crippen molar-refractivity contribution in [1.29, 1.82) is 0 Å². The molecule has 1 saturated heterocycles. The van der Waals surface area contributed by atoms with Crippen LogP contribution in [0.5, 0.6) is 0 Å². The van der Waals surface area contributed by atoms with Crippen molar-refractivity contribution in [3.8, 4) is 11.5 Å². The molecule has 1 aromatic carbocycles. The molecule has 1 aliphatic heterocycles. The highest BCUT2D eigenvalue weighted by atomic mass is 19.4. The van der Waals surface area contributed by atoms with Crippen molar-refractivity contribution in [3.05, 3.63) is 34.3 Å². The van der Waals surface area contributed by atoms with E-state index in [4.69, 9.17) is 4.42 Å². The van der Waals surface area contributed by atoms with Gasteiger partial charge < -0.3 is 15.1 Å². The van der Waals surface area contributed by atoms with Gasteiger partial charge in [0.05, 0.1) is 5.56 Å². The summed E-state index contributed by atoms with van der Waals surface area (Å²) >= 11 is 0. The lowest BCUT2D eigenvalue weighted by Crippen LogP contribution is -2.49. The second-order valence-corrected chi connectivity index (χ2v) is 8.03. The van der Waals surface area contributed by atoms with Crippen molar-refractivity contribution in [3.63, 3.8) is 0 Å². The Labute approximate surface area is 159 Å². The maximum Gasteiger partial charge on any atom is 0.434 e. The number of rotatable bonds is 4. The Bertz CT molecular complexity index is 891. The summed E-state index contributed by atoms with van der Waals surface area (Å²) in [4.78, 5) is 11.2. The number of aromatic nitrogens is 2. The van der Waals surface area contributed by atoms with Crippen molar-refractivity contribution in [1.82, 2.24) is 15.5 Å². The van der Waals surface area contributed by atoms with Gasteiger partial charge in [0.2, 0.25) is 5.89 Å². The molecule has 1 aliphatic carbocycles. The van der Waals surface area contributed by atoms with Crippen LogP contribution in [-0.2, 0) is 6.18 Å². The Morgan fingerprint density at radius 2 is 2.00 bits per heavy atom. The smallest absolute Gasteiger partial charge is 0.388 e. The van der Waals surface area contributed by atoms with Crippen LogP contribution < -0.4 is 16.4 Å². The van der Waals surface area contributed by atoms with E-state index < -0.39 is 17.5 Å². The third kappa shape index (κ3) is 3.67. The van der Waals surface area contributed by atoms with E-state index in [0.717, 1.165) is 44.8 Å². The number of nitrogens with zero attached hydrogens (tertiary/aromatic N) is 1. The predicted molar refractivity (Wildman–Crippen MR) is 97.9 cm³/mol. The van der Waals surface area contributed by atoms with Gasteiger partial charge in [0, 0.05) is 17.3 Å². The Hall–Kier alpha value is -2.29. The Balaban J connectivity index is 1.54. The minimum absolute atomic E-state index is 0.0191. The molecule has 0 bridgehead atoms. The SMILES string of the molecule is CC(Nc1cc(-c2n[nH]c(=O)o2)ccc1C(F)(F)F)C1CC2(CCNCC2)C1. The van der Waals surface area contributed by atoms with Crippen molar-refractivity contribution in [2.45, 2.75) is 44.8 Å². The summed E-state index contributed by atoms with van der Waals surface area (Å²) in [7, 11) is 0. The molecule has 2 aliphatic rings. The molecule has 2 heterocycles. The topological polar surface area (TPSA) is 83.0 Å². The lowest BCUT2D eigenvalue weighted by atomic mass is 9.56. The standard InChI is InChI=1S/C19H23F3N4O2/c1-11(13-9-18(10-13)4-6-23-7-5-18)24-15-8-12(16-25-26-17(27)28-16)2-3-14(15)19(20,21)22/h2-3,8,11,13,23-24H,4-7,9-10H2,1H3,(H,26,27). The molecule has 0 radical (unpaired) electrons. The number of H-pyrrole nitrogens is 1. The molecular weight excluding hydrogens is 373 g/mol. The fourth-order valence-electron chi connectivity index (χ4n) is 4.53.